The molecule has 4 heteroatoms. The van der Waals surface area contributed by atoms with E-state index in [0.717, 1.165) is 0 Å². The molecule has 0 atom stereocenters. The Morgan fingerprint density at radius 1 is 0.300 bits per heavy atom. The molecular formula is C36H75N3Sn. The van der Waals surface area contributed by atoms with Gasteiger partial charge in [-0.1, -0.05) is 0 Å². The van der Waals surface area contributed by atoms with Crippen molar-refractivity contribution < 1.29 is 0 Å². The molecule has 0 spiro atoms. The molecular weight excluding hydrogens is 593 g/mol. The van der Waals surface area contributed by atoms with Crippen LogP contribution in [0.4, 0.5) is 0 Å². The van der Waals surface area contributed by atoms with Crippen molar-refractivity contribution in [2.75, 3.05) is 0 Å². The summed E-state index contributed by atoms with van der Waals surface area (Å²) in [5.41, 5.74) is 13.5. The fraction of sp³-hybridized carbons (Fsp3) is 1.00. The fourth-order valence-corrected chi connectivity index (χ4v) is 14.5. The van der Waals surface area contributed by atoms with Gasteiger partial charge in [-0.2, -0.15) is 0 Å². The Kier molecular flexibility index (Phi) is 43.6. The predicted octanol–water partition coefficient (Wildman–Crippen LogP) is 15.1. The van der Waals surface area contributed by atoms with E-state index in [-0.39, 0.29) is 0 Å². The molecule has 238 valence electrons. The number of unbranched alkanes of at least 4 members (excludes halogenated alkanes) is 27. The summed E-state index contributed by atoms with van der Waals surface area (Å²) in [7, 11) is 0. The summed E-state index contributed by atoms with van der Waals surface area (Å²) >= 11 is -1.09. The van der Waals surface area contributed by atoms with Crippen molar-refractivity contribution in [2.45, 2.75) is 227 Å². The first-order valence-electron chi connectivity index (χ1n) is 18.6. The summed E-state index contributed by atoms with van der Waals surface area (Å²) in [5.74, 6) is 0. The van der Waals surface area contributed by atoms with Crippen LogP contribution in [0, 0.1) is 0 Å². The second-order valence-corrected chi connectivity index (χ2v) is 21.2. The third-order valence-electron chi connectivity index (χ3n) is 8.65. The van der Waals surface area contributed by atoms with Crippen LogP contribution in [0.1, 0.15) is 213 Å². The molecule has 0 saturated carbocycles. The Bertz CT molecular complexity index is 408. The summed E-state index contributed by atoms with van der Waals surface area (Å²) in [6.45, 7) is 6.97. The second kappa shape index (κ2) is 41.2. The van der Waals surface area contributed by atoms with E-state index < -0.39 is 19.8 Å². The number of rotatable bonds is 33. The molecule has 0 aliphatic carbocycles. The van der Waals surface area contributed by atoms with Crippen LogP contribution in [0.3, 0.4) is 0 Å². The molecule has 40 heavy (non-hydrogen) atoms. The Labute approximate surface area is 261 Å². The van der Waals surface area contributed by atoms with Gasteiger partial charge in [0.2, 0.25) is 0 Å². The Balaban J connectivity index is 0. The van der Waals surface area contributed by atoms with Gasteiger partial charge in [-0.3, -0.25) is 4.91 Å². The van der Waals surface area contributed by atoms with Crippen molar-refractivity contribution in [1.82, 2.24) is 0 Å². The maximum atomic E-state index is 6.75. The van der Waals surface area contributed by atoms with E-state index in [1.165, 1.54) is 159 Å². The third-order valence-corrected chi connectivity index (χ3v) is 17.7. The SMILES string of the molecule is CCCCCCCCCCC[CH2][Sn+]([CH2]CCCCCCCCCCC)[CH2]CCCCCCCCCCC.[N-]=[N+]=[N-]. The van der Waals surface area contributed by atoms with Gasteiger partial charge in [0.05, 0.1) is 0 Å². The van der Waals surface area contributed by atoms with E-state index in [9.17, 15) is 0 Å². The Morgan fingerprint density at radius 3 is 0.625 bits per heavy atom. The quantitative estimate of drug-likeness (QED) is 0.0220. The van der Waals surface area contributed by atoms with Crippen molar-refractivity contribution in [3.05, 3.63) is 16.0 Å². The van der Waals surface area contributed by atoms with Crippen molar-refractivity contribution in [2.24, 2.45) is 0 Å². The standard InChI is InChI=1S/3C12H25.N3.Sn/c3*1-3-5-7-9-11-12-10-8-6-4-2;1-3-2;/h3*1,3-12H2,2H3;;/q;;;-1;+1. The zero-order valence-corrected chi connectivity index (χ0v) is 31.0. The van der Waals surface area contributed by atoms with Crippen LogP contribution in [0.2, 0.25) is 13.3 Å². The molecule has 0 aliphatic rings. The third kappa shape index (κ3) is 40.2. The zero-order chi connectivity index (χ0) is 29.6. The Hall–Kier alpha value is 0.109. The van der Waals surface area contributed by atoms with Gasteiger partial charge in [-0.05, 0) is 0 Å². The van der Waals surface area contributed by atoms with E-state index in [1.807, 2.05) is 0 Å². The van der Waals surface area contributed by atoms with Gasteiger partial charge in [0.1, 0.15) is 0 Å². The molecule has 0 bridgehead atoms. The summed E-state index contributed by atoms with van der Waals surface area (Å²) in [5, 5.41) is 0. The van der Waals surface area contributed by atoms with E-state index >= 15 is 0 Å². The molecule has 0 radical (unpaired) electrons. The molecule has 0 aromatic heterocycles. The molecule has 0 N–H and O–H groups in total. The van der Waals surface area contributed by atoms with E-state index in [1.54, 1.807) is 51.8 Å². The van der Waals surface area contributed by atoms with Crippen LogP contribution in [0.25, 0.3) is 16.0 Å². The average molecular weight is 669 g/mol. The van der Waals surface area contributed by atoms with E-state index in [0.29, 0.717) is 0 Å². The normalized spacial score (nSPS) is 10.8. The predicted molar refractivity (Wildman–Crippen MR) is 186 cm³/mol. The number of hydrogen-bond donors (Lipinski definition) is 0. The van der Waals surface area contributed by atoms with Gasteiger partial charge < -0.3 is 11.1 Å². The summed E-state index contributed by atoms with van der Waals surface area (Å²) in [4.78, 5) is 1.50. The van der Waals surface area contributed by atoms with Crippen molar-refractivity contribution in [3.63, 3.8) is 0 Å². The van der Waals surface area contributed by atoms with E-state index in [4.69, 9.17) is 11.1 Å². The van der Waals surface area contributed by atoms with Gasteiger partial charge in [-0.15, -0.1) is 0 Å². The molecule has 0 heterocycles. The van der Waals surface area contributed by atoms with Gasteiger partial charge >= 0.3 is 246 Å². The molecule has 0 fully saturated rings. The molecule has 0 aromatic carbocycles. The first-order valence-corrected chi connectivity index (χ1v) is 24.6. The van der Waals surface area contributed by atoms with Crippen LogP contribution in [-0.2, 0) is 0 Å². The average Bonchev–Trinajstić information content (AvgIpc) is 2.96. The smallest absolute Gasteiger partial charge is 0.373 e. The van der Waals surface area contributed by atoms with Crippen molar-refractivity contribution in [3.8, 4) is 0 Å². The van der Waals surface area contributed by atoms with Crippen molar-refractivity contribution in [1.29, 1.82) is 0 Å². The minimum Gasteiger partial charge on any atom is -0.373 e. The van der Waals surface area contributed by atoms with Gasteiger partial charge in [0, 0.05) is 0 Å². The Morgan fingerprint density at radius 2 is 0.450 bits per heavy atom. The van der Waals surface area contributed by atoms with Crippen LogP contribution >= 0.6 is 0 Å². The first kappa shape index (κ1) is 42.2. The minimum atomic E-state index is -1.09. The number of hydrogen-bond acceptors (Lipinski definition) is 0. The van der Waals surface area contributed by atoms with E-state index in [2.05, 4.69) is 20.8 Å². The van der Waals surface area contributed by atoms with Crippen molar-refractivity contribution >= 4 is 19.8 Å². The summed E-state index contributed by atoms with van der Waals surface area (Å²) in [6.07, 6.45) is 45.0. The van der Waals surface area contributed by atoms with Gasteiger partial charge in [0.15, 0.2) is 0 Å². The van der Waals surface area contributed by atoms with Crippen LogP contribution < -0.4 is 0 Å². The van der Waals surface area contributed by atoms with Crippen LogP contribution in [0.5, 0.6) is 0 Å². The first-order chi connectivity index (χ1) is 19.8. The molecule has 0 unspecified atom stereocenters. The van der Waals surface area contributed by atoms with Crippen LogP contribution in [0.15, 0.2) is 0 Å². The molecule has 3 nitrogen and oxygen atoms in total. The monoisotopic (exact) mass is 669 g/mol. The maximum absolute atomic E-state index is 6.75. The fourth-order valence-electron chi connectivity index (χ4n) is 5.96. The summed E-state index contributed by atoms with van der Waals surface area (Å²) < 4.78 is 5.19. The van der Waals surface area contributed by atoms with Gasteiger partial charge in [-0.25, -0.2) is 0 Å². The zero-order valence-electron chi connectivity index (χ0n) is 28.2. The molecule has 0 aromatic rings. The second-order valence-electron chi connectivity index (χ2n) is 12.6. The number of nitrogens with zero attached hydrogens (tertiary/aromatic N) is 3. The molecule has 0 aliphatic heterocycles. The topological polar surface area (TPSA) is 58.7 Å². The minimum absolute atomic E-state index is 1.09. The molecule has 0 rings (SSSR count). The van der Waals surface area contributed by atoms with Crippen LogP contribution in [-0.4, -0.2) is 19.8 Å². The molecule has 0 saturated heterocycles. The molecule has 0 amide bonds. The van der Waals surface area contributed by atoms with Gasteiger partial charge in [0.25, 0.3) is 0 Å². The summed E-state index contributed by atoms with van der Waals surface area (Å²) in [6, 6.07) is 0.